The van der Waals surface area contributed by atoms with E-state index in [1.54, 1.807) is 24.3 Å². The Balaban J connectivity index is 3.21. The monoisotopic (exact) mass is 217 g/mol. The van der Waals surface area contributed by atoms with E-state index >= 15 is 0 Å². The highest BCUT2D eigenvalue weighted by molar-refractivity contribution is 5.40. The van der Waals surface area contributed by atoms with Gasteiger partial charge in [-0.15, -0.1) is 0 Å². The van der Waals surface area contributed by atoms with Gasteiger partial charge in [-0.1, -0.05) is 30.3 Å². The maximum atomic E-state index is 10.4. The number of nitrogens with two attached hydrogens (primary N) is 1. The summed E-state index contributed by atoms with van der Waals surface area (Å²) in [5, 5.41) is 0. The minimum atomic E-state index is -1.01. The van der Waals surface area contributed by atoms with Crippen LogP contribution in [0.5, 0.6) is 0 Å². The van der Waals surface area contributed by atoms with Crippen LogP contribution in [0.2, 0.25) is 0 Å². The predicted molar refractivity (Wildman–Crippen MR) is 58.3 cm³/mol. The highest BCUT2D eigenvalue weighted by atomic mass is 16.1. The molecule has 5 nitrogen and oxygen atoms in total. The van der Waals surface area contributed by atoms with E-state index in [0.29, 0.717) is 0 Å². The molecule has 1 aromatic carbocycles. The average Bonchev–Trinajstić information content (AvgIpc) is 2.36. The molecule has 5 heteroatoms. The van der Waals surface area contributed by atoms with Crippen LogP contribution < -0.4 is 5.73 Å². The van der Waals surface area contributed by atoms with E-state index in [1.165, 1.54) is 12.2 Å². The van der Waals surface area contributed by atoms with Crippen molar-refractivity contribution in [3.05, 3.63) is 35.9 Å². The van der Waals surface area contributed by atoms with Crippen molar-refractivity contribution in [3.63, 3.8) is 0 Å². The summed E-state index contributed by atoms with van der Waals surface area (Å²) >= 11 is 0. The summed E-state index contributed by atoms with van der Waals surface area (Å²) in [6.45, 7) is 0.0592. The van der Waals surface area contributed by atoms with Gasteiger partial charge in [-0.05, 0) is 5.56 Å². The van der Waals surface area contributed by atoms with E-state index in [2.05, 4.69) is 9.98 Å². The summed E-state index contributed by atoms with van der Waals surface area (Å²) in [7, 11) is 0. The van der Waals surface area contributed by atoms with Gasteiger partial charge in [0.2, 0.25) is 12.2 Å². The van der Waals surface area contributed by atoms with Crippen LogP contribution in [0.15, 0.2) is 40.3 Å². The second-order valence-electron chi connectivity index (χ2n) is 3.21. The normalized spacial score (nSPS) is 13.1. The largest absolute Gasteiger partial charge is 0.328 e. The lowest BCUT2D eigenvalue weighted by Gasteiger charge is -2.24. The molecular weight excluding hydrogens is 206 g/mol. The minimum absolute atomic E-state index is 0.00769. The second-order valence-corrected chi connectivity index (χ2v) is 3.21. The number of nitrogens with zero attached hydrogens (tertiary/aromatic N) is 2. The Labute approximate surface area is 92.7 Å². The zero-order valence-corrected chi connectivity index (χ0v) is 8.59. The molecule has 0 saturated heterocycles. The Morgan fingerprint density at radius 3 is 2.38 bits per heavy atom. The van der Waals surface area contributed by atoms with Gasteiger partial charge in [0, 0.05) is 6.54 Å². The van der Waals surface area contributed by atoms with Crippen LogP contribution in [0.1, 0.15) is 5.56 Å². The van der Waals surface area contributed by atoms with Crippen LogP contribution in [0.3, 0.4) is 0 Å². The molecule has 0 heterocycles. The molecule has 1 rings (SSSR count). The molecule has 0 radical (unpaired) electrons. The third-order valence-corrected chi connectivity index (χ3v) is 2.31. The highest BCUT2D eigenvalue weighted by Crippen LogP contribution is 2.24. The Morgan fingerprint density at radius 1 is 1.19 bits per heavy atom. The second kappa shape index (κ2) is 5.73. The summed E-state index contributed by atoms with van der Waals surface area (Å²) in [5.41, 5.74) is 5.31. The van der Waals surface area contributed by atoms with Crippen LogP contribution in [-0.2, 0) is 15.1 Å². The van der Waals surface area contributed by atoms with E-state index < -0.39 is 5.54 Å². The van der Waals surface area contributed by atoms with Crippen LogP contribution in [0.4, 0.5) is 0 Å². The van der Waals surface area contributed by atoms with Gasteiger partial charge in [-0.25, -0.2) is 14.6 Å². The lowest BCUT2D eigenvalue weighted by Crippen LogP contribution is -2.36. The Bertz CT molecular complexity index is 434. The number of isocyanates is 2. The fourth-order valence-electron chi connectivity index (χ4n) is 1.42. The minimum Gasteiger partial charge on any atom is -0.328 e. The fraction of sp³-hybridized carbons (Fsp3) is 0.273. The van der Waals surface area contributed by atoms with Crippen molar-refractivity contribution in [3.8, 4) is 0 Å². The molecule has 16 heavy (non-hydrogen) atoms. The van der Waals surface area contributed by atoms with Crippen LogP contribution in [-0.4, -0.2) is 25.2 Å². The molecule has 0 aliphatic heterocycles. The van der Waals surface area contributed by atoms with Crippen LogP contribution in [0.25, 0.3) is 0 Å². The van der Waals surface area contributed by atoms with Crippen LogP contribution in [0, 0.1) is 0 Å². The molecule has 82 valence electrons. The Hall–Kier alpha value is -2.06. The summed E-state index contributed by atoms with van der Waals surface area (Å²) in [5.74, 6) is 0. The first-order chi connectivity index (χ1) is 7.79. The quantitative estimate of drug-likeness (QED) is 0.576. The summed E-state index contributed by atoms with van der Waals surface area (Å²) in [6, 6.07) is 8.97. The van der Waals surface area contributed by atoms with E-state index in [-0.39, 0.29) is 13.1 Å². The van der Waals surface area contributed by atoms with E-state index in [4.69, 9.17) is 5.73 Å². The number of hydrogen-bond acceptors (Lipinski definition) is 5. The van der Waals surface area contributed by atoms with Gasteiger partial charge in [0.1, 0.15) is 5.54 Å². The third kappa shape index (κ3) is 2.49. The Morgan fingerprint density at radius 2 is 1.88 bits per heavy atom. The summed E-state index contributed by atoms with van der Waals surface area (Å²) in [4.78, 5) is 27.7. The first-order valence-corrected chi connectivity index (χ1v) is 4.67. The molecule has 0 aliphatic rings. The molecule has 1 unspecified atom stereocenters. The van der Waals surface area contributed by atoms with Gasteiger partial charge in [-0.2, -0.15) is 4.99 Å². The molecule has 0 aromatic heterocycles. The molecule has 1 atom stereocenters. The van der Waals surface area contributed by atoms with E-state index in [0.717, 1.165) is 5.56 Å². The molecule has 0 spiro atoms. The molecule has 2 N–H and O–H groups in total. The van der Waals surface area contributed by atoms with E-state index in [1.807, 2.05) is 6.07 Å². The Kier molecular flexibility index (Phi) is 4.30. The number of hydrogen-bond donors (Lipinski definition) is 1. The average molecular weight is 217 g/mol. The zero-order chi connectivity index (χ0) is 11.9. The standard InChI is InChI=1S/C11H11N3O2/c12-6-11(14-9-16,7-13-8-15)10-4-2-1-3-5-10/h1-5H,6-7,12H2. The van der Waals surface area contributed by atoms with Crippen molar-refractivity contribution in [1.82, 2.24) is 0 Å². The van der Waals surface area contributed by atoms with Crippen molar-refractivity contribution in [2.75, 3.05) is 13.1 Å². The van der Waals surface area contributed by atoms with Gasteiger partial charge >= 0.3 is 0 Å². The molecule has 0 saturated carbocycles. The molecule has 0 bridgehead atoms. The number of aliphatic imine (C=N–C) groups is 2. The van der Waals surface area contributed by atoms with Crippen molar-refractivity contribution in [2.45, 2.75) is 5.54 Å². The topological polar surface area (TPSA) is 84.9 Å². The first kappa shape index (κ1) is 12.0. The van der Waals surface area contributed by atoms with E-state index in [9.17, 15) is 9.59 Å². The summed E-state index contributed by atoms with van der Waals surface area (Å²) < 4.78 is 0. The van der Waals surface area contributed by atoms with Crippen LogP contribution >= 0.6 is 0 Å². The third-order valence-electron chi connectivity index (χ3n) is 2.31. The zero-order valence-electron chi connectivity index (χ0n) is 8.59. The fourth-order valence-corrected chi connectivity index (χ4v) is 1.42. The van der Waals surface area contributed by atoms with Gasteiger partial charge < -0.3 is 5.73 Å². The number of carbonyl (C=O) groups excluding carboxylic acids is 2. The number of benzene rings is 1. The smallest absolute Gasteiger partial charge is 0.235 e. The number of rotatable bonds is 5. The van der Waals surface area contributed by atoms with Gasteiger partial charge in [0.05, 0.1) is 6.54 Å². The van der Waals surface area contributed by atoms with Crippen molar-refractivity contribution in [2.24, 2.45) is 15.7 Å². The van der Waals surface area contributed by atoms with Crippen molar-refractivity contribution >= 4 is 12.2 Å². The van der Waals surface area contributed by atoms with Gasteiger partial charge in [0.15, 0.2) is 0 Å². The molecule has 0 aliphatic carbocycles. The summed E-state index contributed by atoms with van der Waals surface area (Å²) in [6.07, 6.45) is 2.89. The first-order valence-electron chi connectivity index (χ1n) is 4.67. The lowest BCUT2D eigenvalue weighted by molar-refractivity contribution is 0.460. The van der Waals surface area contributed by atoms with Crippen molar-refractivity contribution in [1.29, 1.82) is 0 Å². The van der Waals surface area contributed by atoms with Gasteiger partial charge in [0.25, 0.3) is 0 Å². The van der Waals surface area contributed by atoms with Gasteiger partial charge in [-0.3, -0.25) is 0 Å². The highest BCUT2D eigenvalue weighted by Gasteiger charge is 2.30. The lowest BCUT2D eigenvalue weighted by atomic mass is 9.91. The SMILES string of the molecule is NCC(CN=C=O)(N=C=O)c1ccccc1. The molecule has 0 amide bonds. The molecule has 0 fully saturated rings. The van der Waals surface area contributed by atoms with Crippen molar-refractivity contribution < 1.29 is 9.59 Å². The molecule has 1 aromatic rings. The maximum Gasteiger partial charge on any atom is 0.235 e. The maximum absolute atomic E-state index is 10.4. The predicted octanol–water partition coefficient (Wildman–Crippen LogP) is 0.512. The molecular formula is C11H11N3O2.